The van der Waals surface area contributed by atoms with Crippen molar-refractivity contribution in [2.45, 2.75) is 24.7 Å². The fraction of sp³-hybridized carbons (Fsp3) is 0.318. The molecule has 0 unspecified atom stereocenters. The third-order valence-corrected chi connectivity index (χ3v) is 8.05. The molecule has 1 fully saturated rings. The van der Waals surface area contributed by atoms with E-state index in [1.165, 1.54) is 23.0 Å². The fourth-order valence-electron chi connectivity index (χ4n) is 3.34. The van der Waals surface area contributed by atoms with Crippen LogP contribution in [0.5, 0.6) is 0 Å². The van der Waals surface area contributed by atoms with Crippen LogP contribution in [0, 0.1) is 5.82 Å². The number of hydrogen-bond donors (Lipinski definition) is 1. The lowest BCUT2D eigenvalue weighted by Gasteiger charge is -2.26. The first-order valence-corrected chi connectivity index (χ1v) is 12.6. The Morgan fingerprint density at radius 1 is 1.12 bits per heavy atom. The number of anilines is 1. The Morgan fingerprint density at radius 3 is 2.48 bits per heavy atom. The predicted octanol–water partition coefficient (Wildman–Crippen LogP) is 3.74. The Morgan fingerprint density at radius 2 is 1.82 bits per heavy atom. The summed E-state index contributed by atoms with van der Waals surface area (Å²) in [6.45, 7) is 4.95. The maximum Gasteiger partial charge on any atom is 0.257 e. The molecular formula is C22H23FN4O4S2. The maximum absolute atomic E-state index is 14.4. The summed E-state index contributed by atoms with van der Waals surface area (Å²) in [6.07, 6.45) is 0. The van der Waals surface area contributed by atoms with Crippen molar-refractivity contribution in [3.63, 3.8) is 0 Å². The quantitative estimate of drug-likeness (QED) is 0.565. The molecule has 0 atom stereocenters. The number of halogens is 1. The number of ether oxygens (including phenoxy) is 1. The van der Waals surface area contributed by atoms with Crippen molar-refractivity contribution in [1.29, 1.82) is 0 Å². The molecular weight excluding hydrogens is 467 g/mol. The molecule has 11 heteroatoms. The molecule has 3 aromatic rings. The summed E-state index contributed by atoms with van der Waals surface area (Å²) in [5.41, 5.74) is 2.08. The standard InChI is InChI=1S/C22H23FN4O4S2/c1-14(2)15-3-5-16(6-4-15)21-25-26-22(32-21)24-20(28)17-7-8-18(23)19(13-17)33(29,30)27-9-11-31-12-10-27/h3-8,13-14H,9-12H2,1-2H3,(H,24,26,28). The molecule has 2 heterocycles. The topological polar surface area (TPSA) is 101 Å². The average Bonchev–Trinajstić information content (AvgIpc) is 3.28. The highest BCUT2D eigenvalue weighted by molar-refractivity contribution is 7.89. The lowest BCUT2D eigenvalue weighted by molar-refractivity contribution is 0.0729. The largest absolute Gasteiger partial charge is 0.379 e. The van der Waals surface area contributed by atoms with Gasteiger partial charge in [-0.2, -0.15) is 4.31 Å². The van der Waals surface area contributed by atoms with E-state index in [9.17, 15) is 17.6 Å². The number of nitrogens with one attached hydrogen (secondary N) is 1. The Kier molecular flexibility index (Phi) is 6.84. The minimum absolute atomic E-state index is 0.00118. The molecule has 0 bridgehead atoms. The van der Waals surface area contributed by atoms with E-state index < -0.39 is 26.6 Å². The number of morpholine rings is 1. The first-order valence-electron chi connectivity index (χ1n) is 10.4. The smallest absolute Gasteiger partial charge is 0.257 e. The lowest BCUT2D eigenvalue weighted by atomic mass is 10.0. The number of carbonyl (C=O) groups is 1. The van der Waals surface area contributed by atoms with Gasteiger partial charge >= 0.3 is 0 Å². The zero-order chi connectivity index (χ0) is 23.6. The Bertz CT molecular complexity index is 1250. The molecule has 1 aromatic heterocycles. The van der Waals surface area contributed by atoms with Crippen LogP contribution in [0.2, 0.25) is 0 Å². The summed E-state index contributed by atoms with van der Waals surface area (Å²) in [7, 11) is -4.09. The molecule has 0 saturated carbocycles. The first kappa shape index (κ1) is 23.4. The SMILES string of the molecule is CC(C)c1ccc(-c2nnc(NC(=O)c3ccc(F)c(S(=O)(=O)N4CCOCC4)c3)s2)cc1. The molecule has 1 N–H and O–H groups in total. The van der Waals surface area contributed by atoms with E-state index >= 15 is 0 Å². The van der Waals surface area contributed by atoms with Crippen LogP contribution in [0.25, 0.3) is 10.6 Å². The molecule has 174 valence electrons. The van der Waals surface area contributed by atoms with Crippen LogP contribution in [0.15, 0.2) is 47.4 Å². The van der Waals surface area contributed by atoms with Gasteiger partial charge < -0.3 is 4.74 Å². The minimum Gasteiger partial charge on any atom is -0.379 e. The second-order valence-electron chi connectivity index (χ2n) is 7.80. The third kappa shape index (κ3) is 5.11. The number of aromatic nitrogens is 2. The van der Waals surface area contributed by atoms with Gasteiger partial charge in [0.25, 0.3) is 5.91 Å². The number of amides is 1. The van der Waals surface area contributed by atoms with Crippen LogP contribution in [0.1, 0.15) is 35.7 Å². The van der Waals surface area contributed by atoms with E-state index in [1.807, 2.05) is 24.3 Å². The van der Waals surface area contributed by atoms with Gasteiger partial charge in [-0.15, -0.1) is 10.2 Å². The highest BCUT2D eigenvalue weighted by Gasteiger charge is 2.30. The van der Waals surface area contributed by atoms with Crippen molar-refractivity contribution < 1.29 is 22.3 Å². The van der Waals surface area contributed by atoms with E-state index in [-0.39, 0.29) is 37.0 Å². The van der Waals surface area contributed by atoms with Crippen LogP contribution < -0.4 is 5.32 Å². The van der Waals surface area contributed by atoms with Gasteiger partial charge in [-0.05, 0) is 29.7 Å². The van der Waals surface area contributed by atoms with Crippen molar-refractivity contribution in [3.8, 4) is 10.6 Å². The number of benzene rings is 2. The molecule has 0 aliphatic carbocycles. The minimum atomic E-state index is -4.09. The molecule has 8 nitrogen and oxygen atoms in total. The summed E-state index contributed by atoms with van der Waals surface area (Å²) in [5.74, 6) is -1.11. The van der Waals surface area contributed by atoms with Crippen LogP contribution in [-0.4, -0.2) is 55.1 Å². The Labute approximate surface area is 195 Å². The molecule has 2 aromatic carbocycles. The molecule has 4 rings (SSSR count). The maximum atomic E-state index is 14.4. The zero-order valence-corrected chi connectivity index (χ0v) is 19.7. The van der Waals surface area contributed by atoms with Crippen LogP contribution >= 0.6 is 11.3 Å². The molecule has 1 aliphatic heterocycles. The average molecular weight is 491 g/mol. The van der Waals surface area contributed by atoms with Gasteiger partial charge in [-0.1, -0.05) is 49.4 Å². The van der Waals surface area contributed by atoms with Crippen molar-refractivity contribution in [2.24, 2.45) is 0 Å². The summed E-state index contributed by atoms with van der Waals surface area (Å²) in [5, 5.41) is 11.6. The normalized spacial score (nSPS) is 15.0. The van der Waals surface area contributed by atoms with Crippen LogP contribution in [-0.2, 0) is 14.8 Å². The third-order valence-electron chi connectivity index (χ3n) is 5.25. The Hall–Kier alpha value is -2.73. The summed E-state index contributed by atoms with van der Waals surface area (Å²) in [4.78, 5) is 12.2. The van der Waals surface area contributed by atoms with Crippen molar-refractivity contribution in [3.05, 3.63) is 59.4 Å². The van der Waals surface area contributed by atoms with Gasteiger partial charge in [0.2, 0.25) is 15.2 Å². The highest BCUT2D eigenvalue weighted by Crippen LogP contribution is 2.28. The zero-order valence-electron chi connectivity index (χ0n) is 18.1. The van der Waals surface area contributed by atoms with Crippen LogP contribution in [0.4, 0.5) is 9.52 Å². The van der Waals surface area contributed by atoms with Crippen molar-refractivity contribution in [2.75, 3.05) is 31.6 Å². The molecule has 0 radical (unpaired) electrons. The van der Waals surface area contributed by atoms with Crippen molar-refractivity contribution >= 4 is 32.4 Å². The molecule has 1 saturated heterocycles. The van der Waals surface area contributed by atoms with Gasteiger partial charge in [-0.25, -0.2) is 12.8 Å². The van der Waals surface area contributed by atoms with E-state index in [1.54, 1.807) is 0 Å². The number of rotatable bonds is 6. The van der Waals surface area contributed by atoms with E-state index in [2.05, 4.69) is 29.4 Å². The summed E-state index contributed by atoms with van der Waals surface area (Å²) < 4.78 is 46.4. The van der Waals surface area contributed by atoms with Crippen molar-refractivity contribution in [1.82, 2.24) is 14.5 Å². The van der Waals surface area contributed by atoms with E-state index in [0.29, 0.717) is 10.9 Å². The predicted molar refractivity (Wildman–Crippen MR) is 123 cm³/mol. The second-order valence-corrected chi connectivity index (χ2v) is 10.7. The van der Waals surface area contributed by atoms with Gasteiger partial charge in [0.15, 0.2) is 0 Å². The lowest BCUT2D eigenvalue weighted by Crippen LogP contribution is -2.41. The Balaban J connectivity index is 1.52. The number of nitrogens with zero attached hydrogens (tertiary/aromatic N) is 3. The van der Waals surface area contributed by atoms with E-state index in [4.69, 9.17) is 4.74 Å². The molecule has 1 amide bonds. The number of hydrogen-bond acceptors (Lipinski definition) is 7. The number of sulfonamides is 1. The molecule has 33 heavy (non-hydrogen) atoms. The number of carbonyl (C=O) groups excluding carboxylic acids is 1. The fourth-order valence-corrected chi connectivity index (χ4v) is 5.58. The van der Waals surface area contributed by atoms with Gasteiger partial charge in [0, 0.05) is 24.2 Å². The first-order chi connectivity index (χ1) is 15.8. The highest BCUT2D eigenvalue weighted by atomic mass is 32.2. The van der Waals surface area contributed by atoms with E-state index in [0.717, 1.165) is 22.0 Å². The van der Waals surface area contributed by atoms with Gasteiger partial charge in [-0.3, -0.25) is 10.1 Å². The van der Waals surface area contributed by atoms with Gasteiger partial charge in [0.1, 0.15) is 15.7 Å². The summed E-state index contributed by atoms with van der Waals surface area (Å²) in [6, 6.07) is 11.2. The summed E-state index contributed by atoms with van der Waals surface area (Å²) >= 11 is 1.19. The molecule has 1 aliphatic rings. The second kappa shape index (κ2) is 9.64. The molecule has 0 spiro atoms. The monoisotopic (exact) mass is 490 g/mol. The van der Waals surface area contributed by atoms with Crippen LogP contribution in [0.3, 0.4) is 0 Å². The van der Waals surface area contributed by atoms with Gasteiger partial charge in [0.05, 0.1) is 13.2 Å².